The molecule has 33 heavy (non-hydrogen) atoms. The maximum Gasteiger partial charge on any atom is 0.0809 e. The van der Waals surface area contributed by atoms with Crippen molar-refractivity contribution >= 4 is 0 Å². The highest BCUT2D eigenvalue weighted by Gasteiger charge is 2.53. The Balaban J connectivity index is 1.81. The number of allylic oxidation sites excluding steroid dienone is 3. The lowest BCUT2D eigenvalue weighted by Gasteiger charge is -2.48. The quantitative estimate of drug-likeness (QED) is 0.387. The molecule has 3 aliphatic rings. The minimum absolute atomic E-state index is 0.206. The average molecular weight is 459 g/mol. The van der Waals surface area contributed by atoms with Gasteiger partial charge < -0.3 is 15.3 Å². The third-order valence-corrected chi connectivity index (χ3v) is 9.90. The summed E-state index contributed by atoms with van der Waals surface area (Å²) in [5.41, 5.74) is 4.63. The molecule has 0 amide bonds. The molecule has 6 atom stereocenters. The number of hydrogen-bond donors (Lipinski definition) is 3. The van der Waals surface area contributed by atoms with Crippen molar-refractivity contribution in [3.63, 3.8) is 0 Å². The van der Waals surface area contributed by atoms with Crippen LogP contribution in [0.15, 0.2) is 34.9 Å². The van der Waals surface area contributed by atoms with Crippen LogP contribution in [-0.2, 0) is 0 Å². The van der Waals surface area contributed by atoms with Crippen LogP contribution in [0.25, 0.3) is 0 Å². The molecule has 188 valence electrons. The largest absolute Gasteiger partial charge is 0.390 e. The first kappa shape index (κ1) is 26.7. The minimum Gasteiger partial charge on any atom is -0.390 e. The first-order valence-corrected chi connectivity index (χ1v) is 13.3. The second-order valence-electron chi connectivity index (χ2n) is 13.2. The van der Waals surface area contributed by atoms with Crippen molar-refractivity contribution in [3.05, 3.63) is 34.9 Å². The molecule has 3 heteroatoms. The Hall–Kier alpha value is -0.900. The van der Waals surface area contributed by atoms with Crippen molar-refractivity contribution in [3.8, 4) is 0 Å². The van der Waals surface area contributed by atoms with Gasteiger partial charge in [-0.1, -0.05) is 57.1 Å². The molecule has 0 aromatic rings. The number of hydrogen-bond acceptors (Lipinski definition) is 3. The molecule has 2 unspecified atom stereocenters. The van der Waals surface area contributed by atoms with E-state index in [0.717, 1.165) is 18.4 Å². The summed E-state index contributed by atoms with van der Waals surface area (Å²) in [6.07, 6.45) is 10.4. The van der Waals surface area contributed by atoms with Crippen LogP contribution < -0.4 is 0 Å². The van der Waals surface area contributed by atoms with E-state index in [1.165, 1.54) is 37.7 Å². The Morgan fingerprint density at radius 1 is 1.12 bits per heavy atom. The molecule has 3 nitrogen and oxygen atoms in total. The van der Waals surface area contributed by atoms with E-state index in [-0.39, 0.29) is 5.41 Å². The predicted molar refractivity (Wildman–Crippen MR) is 138 cm³/mol. The van der Waals surface area contributed by atoms with Crippen molar-refractivity contribution in [1.82, 2.24) is 0 Å². The molecule has 0 aliphatic heterocycles. The zero-order valence-electron chi connectivity index (χ0n) is 22.4. The van der Waals surface area contributed by atoms with Crippen molar-refractivity contribution in [2.75, 3.05) is 0 Å². The summed E-state index contributed by atoms with van der Waals surface area (Å²) < 4.78 is 0. The third kappa shape index (κ3) is 5.68. The molecular formula is C30H50O3. The van der Waals surface area contributed by atoms with Crippen LogP contribution in [-0.4, -0.2) is 33.1 Å². The summed E-state index contributed by atoms with van der Waals surface area (Å²) in [6, 6.07) is 0. The second-order valence-corrected chi connectivity index (χ2v) is 13.2. The monoisotopic (exact) mass is 458 g/mol. The van der Waals surface area contributed by atoms with Gasteiger partial charge in [0.15, 0.2) is 0 Å². The normalized spacial score (nSPS) is 35.9. The SMILES string of the molecule is C=C1[C@H](O)CC(=C/C(C)=C2\CCC[C@@]3(C)C2CCC3[C@@H](C)C(C)(C)CCC(C)(C)O)C[C@H]1O. The van der Waals surface area contributed by atoms with Crippen molar-refractivity contribution in [1.29, 1.82) is 0 Å². The smallest absolute Gasteiger partial charge is 0.0809 e. The highest BCUT2D eigenvalue weighted by Crippen LogP contribution is 2.62. The van der Waals surface area contributed by atoms with Gasteiger partial charge >= 0.3 is 0 Å². The molecule has 0 heterocycles. The fraction of sp³-hybridized carbons (Fsp3) is 0.800. The maximum absolute atomic E-state index is 10.3. The van der Waals surface area contributed by atoms with Gasteiger partial charge in [0.2, 0.25) is 0 Å². The van der Waals surface area contributed by atoms with Gasteiger partial charge in [-0.3, -0.25) is 0 Å². The molecule has 3 rings (SSSR count). The number of rotatable bonds is 6. The molecular weight excluding hydrogens is 408 g/mol. The minimum atomic E-state index is -0.628. The highest BCUT2D eigenvalue weighted by atomic mass is 16.3. The molecule has 0 aromatic heterocycles. The third-order valence-electron chi connectivity index (χ3n) is 9.90. The average Bonchev–Trinajstić information content (AvgIpc) is 3.06. The van der Waals surface area contributed by atoms with Gasteiger partial charge in [-0.05, 0) is 113 Å². The van der Waals surface area contributed by atoms with E-state index in [9.17, 15) is 15.3 Å². The predicted octanol–water partition coefficient (Wildman–Crippen LogP) is 6.73. The van der Waals surface area contributed by atoms with Crippen LogP contribution in [0.4, 0.5) is 0 Å². The standard InChI is InChI=1S/C30H50O3/c1-19(16-22-17-26(31)20(2)27(32)18-22)23-10-9-13-30(8)24(11-12-25(23)30)21(3)28(4,5)14-15-29(6,7)33/h16,21,24-27,31-33H,2,9-15,17-18H2,1,3-8H3/b23-19+/t21-,24?,25?,26-,27-,30-/m1/s1. The lowest BCUT2D eigenvalue weighted by atomic mass is 9.56. The summed E-state index contributed by atoms with van der Waals surface area (Å²) in [6.45, 7) is 19.8. The molecule has 0 radical (unpaired) electrons. The maximum atomic E-state index is 10.3. The van der Waals surface area contributed by atoms with E-state index in [2.05, 4.69) is 47.3 Å². The molecule has 0 saturated heterocycles. The molecule has 3 N–H and O–H groups in total. The van der Waals surface area contributed by atoms with Crippen LogP contribution in [0.1, 0.15) is 106 Å². The molecule has 0 spiro atoms. The summed E-state index contributed by atoms with van der Waals surface area (Å²) >= 11 is 0. The van der Waals surface area contributed by atoms with Crippen LogP contribution in [0.5, 0.6) is 0 Å². The fourth-order valence-electron chi connectivity index (χ4n) is 7.30. The Kier molecular flexibility index (Phi) is 7.79. The summed E-state index contributed by atoms with van der Waals surface area (Å²) in [5, 5.41) is 30.8. The lowest BCUT2D eigenvalue weighted by Crippen LogP contribution is -2.41. The van der Waals surface area contributed by atoms with E-state index in [0.29, 0.717) is 41.6 Å². The Morgan fingerprint density at radius 3 is 2.30 bits per heavy atom. The first-order valence-electron chi connectivity index (χ1n) is 13.3. The van der Waals surface area contributed by atoms with Gasteiger partial charge in [-0.25, -0.2) is 0 Å². The van der Waals surface area contributed by atoms with E-state index in [1.54, 1.807) is 5.57 Å². The number of fused-ring (bicyclic) bond motifs is 1. The molecule has 0 bridgehead atoms. The van der Waals surface area contributed by atoms with Crippen LogP contribution in [0.2, 0.25) is 0 Å². The lowest BCUT2D eigenvalue weighted by molar-refractivity contribution is 0.0126. The van der Waals surface area contributed by atoms with Crippen LogP contribution in [0.3, 0.4) is 0 Å². The summed E-state index contributed by atoms with van der Waals surface area (Å²) in [7, 11) is 0. The zero-order valence-corrected chi connectivity index (χ0v) is 22.4. The van der Waals surface area contributed by atoms with Crippen molar-refractivity contribution in [2.45, 2.75) is 124 Å². The Morgan fingerprint density at radius 2 is 1.73 bits per heavy atom. The van der Waals surface area contributed by atoms with Crippen molar-refractivity contribution < 1.29 is 15.3 Å². The van der Waals surface area contributed by atoms with E-state index in [4.69, 9.17) is 0 Å². The Labute approximate surface area is 203 Å². The van der Waals surface area contributed by atoms with Crippen molar-refractivity contribution in [2.24, 2.45) is 28.6 Å². The number of aliphatic hydroxyl groups excluding tert-OH is 2. The van der Waals surface area contributed by atoms with E-state index in [1.807, 2.05) is 13.8 Å². The van der Waals surface area contributed by atoms with Gasteiger partial charge in [-0.15, -0.1) is 0 Å². The van der Waals surface area contributed by atoms with Gasteiger partial charge in [-0.2, -0.15) is 0 Å². The van der Waals surface area contributed by atoms with E-state index < -0.39 is 17.8 Å². The number of aliphatic hydroxyl groups is 3. The fourth-order valence-corrected chi connectivity index (χ4v) is 7.30. The van der Waals surface area contributed by atoms with Gasteiger partial charge in [0, 0.05) is 0 Å². The molecule has 3 aliphatic carbocycles. The van der Waals surface area contributed by atoms with Gasteiger partial charge in [0.1, 0.15) is 0 Å². The molecule has 3 fully saturated rings. The highest BCUT2D eigenvalue weighted by molar-refractivity contribution is 5.35. The second kappa shape index (κ2) is 9.63. The summed E-state index contributed by atoms with van der Waals surface area (Å²) in [4.78, 5) is 0. The van der Waals surface area contributed by atoms with E-state index >= 15 is 0 Å². The van der Waals surface area contributed by atoms with Crippen LogP contribution >= 0.6 is 0 Å². The molecule has 0 aromatic carbocycles. The van der Waals surface area contributed by atoms with Gasteiger partial charge in [0.05, 0.1) is 17.8 Å². The van der Waals surface area contributed by atoms with Gasteiger partial charge in [0.25, 0.3) is 0 Å². The first-order chi connectivity index (χ1) is 15.2. The van der Waals surface area contributed by atoms with Crippen LogP contribution in [0, 0.1) is 28.6 Å². The topological polar surface area (TPSA) is 60.7 Å². The molecule has 3 saturated carbocycles. The Bertz CT molecular complexity index is 780. The summed E-state index contributed by atoms with van der Waals surface area (Å²) in [5.74, 6) is 1.95. The zero-order chi connectivity index (χ0) is 24.8.